The summed E-state index contributed by atoms with van der Waals surface area (Å²) in [7, 11) is 1.88. The van der Waals surface area contributed by atoms with Crippen molar-refractivity contribution in [1.29, 1.82) is 0 Å². The van der Waals surface area contributed by atoms with Gasteiger partial charge in [-0.3, -0.25) is 14.4 Å². The molecule has 7 aliphatic heterocycles. The number of pyridine rings is 1. The maximum absolute atomic E-state index is 17.6. The summed E-state index contributed by atoms with van der Waals surface area (Å²) in [5, 5.41) is 21.1. The van der Waals surface area contributed by atoms with E-state index in [4.69, 9.17) is 34.3 Å². The van der Waals surface area contributed by atoms with E-state index >= 15 is 17.6 Å². The topological polar surface area (TPSA) is 164 Å². The average molecular weight is 1100 g/mol. The quantitative estimate of drug-likeness (QED) is 0.118. The molecule has 6 fully saturated rings. The van der Waals surface area contributed by atoms with Crippen LogP contribution >= 0.6 is 0 Å². The van der Waals surface area contributed by atoms with Gasteiger partial charge >= 0.3 is 12.1 Å². The molecule has 0 bridgehead atoms. The third-order valence-corrected chi connectivity index (χ3v) is 19.1. The van der Waals surface area contributed by atoms with Crippen LogP contribution in [0.1, 0.15) is 107 Å². The van der Waals surface area contributed by atoms with Gasteiger partial charge in [0, 0.05) is 87.4 Å². The molecule has 7 aliphatic rings. The Bertz CT molecular complexity index is 3380. The Morgan fingerprint density at radius 2 is 1.71 bits per heavy atom. The number of hydrogen-bond donors (Lipinski definition) is 2. The van der Waals surface area contributed by atoms with Gasteiger partial charge in [0.2, 0.25) is 5.91 Å². The van der Waals surface area contributed by atoms with Gasteiger partial charge in [-0.2, -0.15) is 15.1 Å². The lowest BCUT2D eigenvalue weighted by molar-refractivity contribution is -0.128. The van der Waals surface area contributed by atoms with E-state index in [1.165, 1.54) is 12.1 Å². The molecule has 0 aliphatic carbocycles. The lowest BCUT2D eigenvalue weighted by Gasteiger charge is -2.42. The Labute approximate surface area is 462 Å². The molecule has 4 atom stereocenters. The van der Waals surface area contributed by atoms with E-state index < -0.39 is 41.0 Å². The maximum Gasteiger partial charge on any atom is 0.409 e. The number of aromatic hydroxyl groups is 1. The molecule has 80 heavy (non-hydrogen) atoms. The molecule has 16 nitrogen and oxygen atoms in total. The second-order valence-corrected chi connectivity index (χ2v) is 23.5. The molecule has 0 radical (unpaired) electrons. The molecule has 1 unspecified atom stereocenters. The van der Waals surface area contributed by atoms with Crippen molar-refractivity contribution in [3.8, 4) is 23.0 Å². The molecule has 6 saturated heterocycles. The number of likely N-dealkylation sites (tertiary alicyclic amines) is 1. The first-order chi connectivity index (χ1) is 38.8. The highest BCUT2D eigenvalue weighted by atomic mass is 19.3. The summed E-state index contributed by atoms with van der Waals surface area (Å²) in [6.07, 6.45) is 7.87. The fourth-order valence-electron chi connectivity index (χ4n) is 14.8. The number of alkyl halides is 2. The van der Waals surface area contributed by atoms with E-state index in [1.807, 2.05) is 30.8 Å². The summed E-state index contributed by atoms with van der Waals surface area (Å²) >= 11 is 0. The van der Waals surface area contributed by atoms with Crippen molar-refractivity contribution >= 4 is 56.1 Å². The smallest absolute Gasteiger partial charge is 0.409 e. The first-order valence-corrected chi connectivity index (χ1v) is 29.2. The van der Waals surface area contributed by atoms with Crippen LogP contribution in [0.4, 0.5) is 33.9 Å². The Kier molecular flexibility index (Phi) is 13.9. The zero-order valence-electron chi connectivity index (χ0n) is 45.6. The number of ether oxygens (including phenoxy) is 3. The Morgan fingerprint density at radius 3 is 2.51 bits per heavy atom. The first-order valence-electron chi connectivity index (χ1n) is 29.2. The average Bonchev–Trinajstić information content (AvgIpc) is 4.22. The molecule has 20 heteroatoms. The molecule has 2 N–H and O–H groups in total. The van der Waals surface area contributed by atoms with Crippen LogP contribution < -0.4 is 19.9 Å². The third kappa shape index (κ3) is 9.29. The van der Waals surface area contributed by atoms with Crippen molar-refractivity contribution < 1.29 is 46.5 Å². The van der Waals surface area contributed by atoms with Crippen LogP contribution in [-0.4, -0.2) is 147 Å². The lowest BCUT2D eigenvalue weighted by atomic mass is 9.79. The molecular weight excluding hydrogens is 1030 g/mol. The number of amides is 2. The van der Waals surface area contributed by atoms with E-state index in [-0.39, 0.29) is 91.6 Å². The Hall–Kier alpha value is -6.54. The predicted molar refractivity (Wildman–Crippen MR) is 295 cm³/mol. The first kappa shape index (κ1) is 52.8. The summed E-state index contributed by atoms with van der Waals surface area (Å²) in [5.74, 6) is -5.40. The molecule has 0 saturated carbocycles. The van der Waals surface area contributed by atoms with Gasteiger partial charge in [-0.1, -0.05) is 13.0 Å². The van der Waals surface area contributed by atoms with Gasteiger partial charge in [0.15, 0.2) is 5.82 Å². The van der Waals surface area contributed by atoms with E-state index in [9.17, 15) is 14.7 Å². The molecule has 424 valence electrons. The zero-order valence-corrected chi connectivity index (χ0v) is 45.6. The summed E-state index contributed by atoms with van der Waals surface area (Å²) in [5.41, 5.74) is 3.58. The number of piperidine rings is 3. The van der Waals surface area contributed by atoms with Crippen molar-refractivity contribution in [3.05, 3.63) is 71.1 Å². The SMILES string of the molecule is CCc1c(F)ccc2cc(O)cc(-c3nc4c5c(nc(OC[C@@]67CCCN6[C@H](COC(=O)N6CCC(C(F)(F)C8CCN(c9ccc%10c(C%11CCCNC%11=O)nn(C)c%10c9)CC8)CC6)CC7)nc5c3F)N3CCCOC[C@@H]3CC4)c12. The second-order valence-electron chi connectivity index (χ2n) is 23.5. The highest BCUT2D eigenvalue weighted by Crippen LogP contribution is 2.47. The minimum Gasteiger partial charge on any atom is -0.508 e. The van der Waals surface area contributed by atoms with Gasteiger partial charge in [-0.25, -0.2) is 27.3 Å². The Balaban J connectivity index is 0.653. The number of phenolic OH excluding ortho intramolecular Hbond substituents is 1. The number of rotatable bonds is 11. The highest BCUT2D eigenvalue weighted by Gasteiger charge is 2.52. The number of nitrogens with zero attached hydrogens (tertiary/aromatic N) is 9. The fraction of sp³-hybridized carbons (Fsp3) is 0.567. The fourth-order valence-corrected chi connectivity index (χ4v) is 14.8. The van der Waals surface area contributed by atoms with Gasteiger partial charge in [-0.15, -0.1) is 0 Å². The number of aryl methyl sites for hydroxylation is 3. The van der Waals surface area contributed by atoms with Crippen LogP contribution in [0, 0.1) is 23.5 Å². The zero-order chi connectivity index (χ0) is 55.0. The monoisotopic (exact) mass is 1100 g/mol. The van der Waals surface area contributed by atoms with E-state index in [0.29, 0.717) is 105 Å². The van der Waals surface area contributed by atoms with E-state index in [0.717, 1.165) is 73.8 Å². The number of anilines is 2. The molecule has 3 aromatic carbocycles. The van der Waals surface area contributed by atoms with E-state index in [2.05, 4.69) is 26.1 Å². The lowest BCUT2D eigenvalue weighted by Crippen LogP contribution is -2.50. The van der Waals surface area contributed by atoms with Crippen LogP contribution in [-0.2, 0) is 34.2 Å². The third-order valence-electron chi connectivity index (χ3n) is 19.1. The van der Waals surface area contributed by atoms with Crippen molar-refractivity contribution in [2.24, 2.45) is 18.9 Å². The summed E-state index contributed by atoms with van der Waals surface area (Å²) < 4.78 is 86.1. The largest absolute Gasteiger partial charge is 0.508 e. The molecule has 0 spiro atoms. The molecule has 2 amide bonds. The normalized spacial score (nSPS) is 24.3. The predicted octanol–water partition coefficient (Wildman–Crippen LogP) is 9.59. The van der Waals surface area contributed by atoms with Crippen LogP contribution in [0.3, 0.4) is 0 Å². The van der Waals surface area contributed by atoms with Crippen molar-refractivity contribution in [2.45, 2.75) is 126 Å². The van der Waals surface area contributed by atoms with Crippen molar-refractivity contribution in [1.82, 2.24) is 39.8 Å². The summed E-state index contributed by atoms with van der Waals surface area (Å²) in [6, 6.07) is 11.9. The Morgan fingerprint density at radius 1 is 0.900 bits per heavy atom. The van der Waals surface area contributed by atoms with Crippen LogP contribution in [0.15, 0.2) is 42.5 Å². The number of hydrogen-bond acceptors (Lipinski definition) is 13. The van der Waals surface area contributed by atoms with Crippen molar-refractivity contribution in [3.63, 3.8) is 0 Å². The molecule has 13 rings (SSSR count). The van der Waals surface area contributed by atoms with Gasteiger partial charge in [0.1, 0.15) is 41.8 Å². The van der Waals surface area contributed by atoms with Crippen LogP contribution in [0.2, 0.25) is 0 Å². The second kappa shape index (κ2) is 21.1. The molecule has 3 aromatic heterocycles. The summed E-state index contributed by atoms with van der Waals surface area (Å²) in [6.45, 7) is 6.83. The van der Waals surface area contributed by atoms with Gasteiger partial charge in [-0.05, 0) is 149 Å². The minimum absolute atomic E-state index is 0.00829. The maximum atomic E-state index is 17.6. The minimum atomic E-state index is -2.87. The van der Waals surface area contributed by atoms with E-state index in [1.54, 1.807) is 17.0 Å². The molecule has 10 heterocycles. The molecule has 6 aromatic rings. The number of benzene rings is 3. The molecular formula is C60H70F4N10O6. The number of aromatic nitrogens is 5. The van der Waals surface area contributed by atoms with Gasteiger partial charge in [0.25, 0.3) is 5.92 Å². The number of fused-ring (bicyclic) bond motifs is 5. The van der Waals surface area contributed by atoms with Crippen molar-refractivity contribution in [2.75, 3.05) is 82.0 Å². The standard InChI is InChI=1S/C60H70F4N10O6/c1-3-42-46(61)12-8-35-29-41(75)31-45(49(35)42)53-51(62)54-50-47(66-53)13-10-39-32-78-28-6-22-73(39)55(50)68-57(67-54)80-34-59-19-5-23-74(59)40(14-20-59)33-79-58(77)72-26-17-37(18-27-72)60(63,64)36-15-24-71(25-16-36)38-9-11-43-48(30-38)70(2)69-52(43)44-7-4-21-65-56(44)76/h8-9,11-12,29-31,36-37,39-40,44,75H,3-7,10,13-28,32-34H2,1-2H3,(H,65,76)/t39-,40-,44?,59-/m0/s1. The number of nitrogens with one attached hydrogen (secondary N) is 1. The number of carbonyl (C=O) groups excluding carboxylic acids is 2. The summed E-state index contributed by atoms with van der Waals surface area (Å²) in [4.78, 5) is 49.4. The number of phenols is 1. The highest BCUT2D eigenvalue weighted by molar-refractivity contribution is 6.02. The number of carbonyl (C=O) groups is 2. The van der Waals surface area contributed by atoms with Gasteiger partial charge in [0.05, 0.1) is 46.4 Å². The van der Waals surface area contributed by atoms with Gasteiger partial charge < -0.3 is 39.3 Å². The number of halogens is 4. The van der Waals surface area contributed by atoms with Crippen LogP contribution in [0.25, 0.3) is 43.8 Å². The van der Waals surface area contributed by atoms with Crippen LogP contribution in [0.5, 0.6) is 11.8 Å².